The zero-order chi connectivity index (χ0) is 13.8. The van der Waals surface area contributed by atoms with Crippen LogP contribution >= 0.6 is 0 Å². The Morgan fingerprint density at radius 2 is 2.32 bits per heavy atom. The van der Waals surface area contributed by atoms with Crippen LogP contribution in [0, 0.1) is 17.7 Å². The molecule has 0 radical (unpaired) electrons. The minimum Gasteiger partial charge on any atom is -0.493 e. The first-order valence-corrected chi connectivity index (χ1v) is 6.75. The largest absolute Gasteiger partial charge is 0.493 e. The summed E-state index contributed by atoms with van der Waals surface area (Å²) in [5.41, 5.74) is 0.837. The monoisotopic (exact) mass is 266 g/mol. The molecule has 1 aliphatic rings. The topological polar surface area (TPSA) is 46.5 Å². The molecule has 19 heavy (non-hydrogen) atoms. The first-order chi connectivity index (χ1) is 9.11. The lowest BCUT2D eigenvalue weighted by Gasteiger charge is -2.11. The summed E-state index contributed by atoms with van der Waals surface area (Å²) < 4.78 is 18.8. The van der Waals surface area contributed by atoms with Crippen LogP contribution in [0.1, 0.15) is 31.7 Å². The van der Waals surface area contributed by atoms with E-state index in [0.717, 1.165) is 30.6 Å². The fourth-order valence-corrected chi connectivity index (χ4v) is 2.31. The van der Waals surface area contributed by atoms with Crippen molar-refractivity contribution >= 4 is 5.97 Å². The number of carboxylic acid groups (broad SMARTS) is 1. The third-order valence-electron chi connectivity index (χ3n) is 3.51. The van der Waals surface area contributed by atoms with Gasteiger partial charge >= 0.3 is 5.97 Å². The number of aryl methyl sites for hydroxylation is 1. The average molecular weight is 266 g/mol. The summed E-state index contributed by atoms with van der Waals surface area (Å²) >= 11 is 0. The number of carboxylic acids is 1. The van der Waals surface area contributed by atoms with Crippen LogP contribution in [0.4, 0.5) is 4.39 Å². The maximum Gasteiger partial charge on any atom is 0.306 e. The normalized spacial score (nSPS) is 21.2. The van der Waals surface area contributed by atoms with Gasteiger partial charge in [0.1, 0.15) is 11.6 Å². The Bertz CT molecular complexity index is 459. The minimum atomic E-state index is -0.716. The van der Waals surface area contributed by atoms with Crippen molar-refractivity contribution in [3.05, 3.63) is 29.6 Å². The van der Waals surface area contributed by atoms with E-state index in [1.165, 1.54) is 12.1 Å². The van der Waals surface area contributed by atoms with Gasteiger partial charge in [-0.25, -0.2) is 4.39 Å². The summed E-state index contributed by atoms with van der Waals surface area (Å²) in [4.78, 5) is 10.8. The van der Waals surface area contributed by atoms with Gasteiger partial charge in [-0.1, -0.05) is 6.92 Å². The number of halogens is 1. The van der Waals surface area contributed by atoms with E-state index in [0.29, 0.717) is 13.0 Å². The molecule has 0 aromatic heterocycles. The summed E-state index contributed by atoms with van der Waals surface area (Å²) in [6.07, 6.45) is 3.10. The van der Waals surface area contributed by atoms with Crippen LogP contribution in [0.15, 0.2) is 18.2 Å². The number of hydrogen-bond acceptors (Lipinski definition) is 2. The molecule has 104 valence electrons. The molecular formula is C15H19FO3. The molecule has 0 spiro atoms. The predicted octanol–water partition coefficient (Wildman–Crippen LogP) is 3.27. The Balaban J connectivity index is 1.94. The zero-order valence-corrected chi connectivity index (χ0v) is 11.1. The highest BCUT2D eigenvalue weighted by Gasteiger charge is 2.42. The number of aliphatic carboxylic acids is 1. The lowest BCUT2D eigenvalue weighted by atomic mass is 10.1. The van der Waals surface area contributed by atoms with E-state index in [1.807, 2.05) is 6.92 Å². The van der Waals surface area contributed by atoms with E-state index < -0.39 is 5.97 Å². The molecule has 0 amide bonds. The van der Waals surface area contributed by atoms with Crippen LogP contribution in [-0.4, -0.2) is 17.7 Å². The molecule has 4 heteroatoms. The molecule has 1 N–H and O–H groups in total. The maximum absolute atomic E-state index is 13.3. The second kappa shape index (κ2) is 6.04. The average Bonchev–Trinajstić information content (AvgIpc) is 3.15. The van der Waals surface area contributed by atoms with Crippen molar-refractivity contribution in [2.75, 3.05) is 6.61 Å². The minimum absolute atomic E-state index is 0.200. The molecule has 1 aliphatic carbocycles. The van der Waals surface area contributed by atoms with Crippen molar-refractivity contribution in [1.82, 2.24) is 0 Å². The molecule has 1 fully saturated rings. The summed E-state index contributed by atoms with van der Waals surface area (Å²) in [7, 11) is 0. The maximum atomic E-state index is 13.3. The van der Waals surface area contributed by atoms with Gasteiger partial charge in [0.05, 0.1) is 12.5 Å². The Morgan fingerprint density at radius 1 is 1.53 bits per heavy atom. The molecular weight excluding hydrogens is 247 g/mol. The Hall–Kier alpha value is -1.58. The lowest BCUT2D eigenvalue weighted by molar-refractivity contribution is -0.138. The molecule has 2 rings (SSSR count). The van der Waals surface area contributed by atoms with Crippen molar-refractivity contribution in [3.8, 4) is 5.75 Å². The second-order valence-electron chi connectivity index (χ2n) is 5.08. The molecule has 1 aromatic rings. The van der Waals surface area contributed by atoms with E-state index in [4.69, 9.17) is 9.84 Å². The molecule has 2 atom stereocenters. The van der Waals surface area contributed by atoms with Gasteiger partial charge in [0.15, 0.2) is 0 Å². The fraction of sp³-hybridized carbons (Fsp3) is 0.533. The SMILES string of the molecule is CCCOc1ccc(F)cc1CCC1CC1C(=O)O. The number of ether oxygens (including phenoxy) is 1. The van der Waals surface area contributed by atoms with E-state index in [-0.39, 0.29) is 17.7 Å². The zero-order valence-electron chi connectivity index (χ0n) is 11.1. The van der Waals surface area contributed by atoms with E-state index in [2.05, 4.69) is 0 Å². The highest BCUT2D eigenvalue weighted by Crippen LogP contribution is 2.42. The molecule has 3 nitrogen and oxygen atoms in total. The number of benzene rings is 1. The van der Waals surface area contributed by atoms with Crippen molar-refractivity contribution in [2.24, 2.45) is 11.8 Å². The van der Waals surface area contributed by atoms with Crippen molar-refractivity contribution in [1.29, 1.82) is 0 Å². The lowest BCUT2D eigenvalue weighted by Crippen LogP contribution is -2.02. The van der Waals surface area contributed by atoms with Crippen molar-refractivity contribution < 1.29 is 19.0 Å². The quantitative estimate of drug-likeness (QED) is 0.824. The second-order valence-corrected chi connectivity index (χ2v) is 5.08. The third-order valence-corrected chi connectivity index (χ3v) is 3.51. The van der Waals surface area contributed by atoms with Gasteiger partial charge in [-0.2, -0.15) is 0 Å². The van der Waals surface area contributed by atoms with E-state index in [1.54, 1.807) is 6.07 Å². The fourth-order valence-electron chi connectivity index (χ4n) is 2.31. The summed E-state index contributed by atoms with van der Waals surface area (Å²) in [5, 5.41) is 8.85. The van der Waals surface area contributed by atoms with E-state index in [9.17, 15) is 9.18 Å². The van der Waals surface area contributed by atoms with Gasteiger partial charge in [0.2, 0.25) is 0 Å². The highest BCUT2D eigenvalue weighted by atomic mass is 19.1. The van der Waals surface area contributed by atoms with E-state index >= 15 is 0 Å². The standard InChI is InChI=1S/C15H19FO3/c1-2-7-19-14-6-5-12(16)8-11(14)4-3-10-9-13(10)15(17)18/h5-6,8,10,13H,2-4,7,9H2,1H3,(H,17,18). The molecule has 0 aliphatic heterocycles. The first kappa shape index (κ1) is 13.8. The number of hydrogen-bond donors (Lipinski definition) is 1. The highest BCUT2D eigenvalue weighted by molar-refractivity contribution is 5.73. The van der Waals surface area contributed by atoms with Gasteiger partial charge in [0, 0.05) is 0 Å². The Morgan fingerprint density at radius 3 is 2.95 bits per heavy atom. The van der Waals surface area contributed by atoms with Gasteiger partial charge in [-0.15, -0.1) is 0 Å². The first-order valence-electron chi connectivity index (χ1n) is 6.75. The van der Waals surface area contributed by atoms with Crippen LogP contribution in [-0.2, 0) is 11.2 Å². The van der Waals surface area contributed by atoms with Crippen LogP contribution in [0.25, 0.3) is 0 Å². The predicted molar refractivity (Wildman–Crippen MR) is 69.7 cm³/mol. The Kier molecular flexibility index (Phi) is 4.40. The Labute approximate surface area is 112 Å². The number of carbonyl (C=O) groups is 1. The summed E-state index contributed by atoms with van der Waals surface area (Å²) in [6, 6.07) is 4.54. The molecule has 1 aromatic carbocycles. The molecule has 0 saturated heterocycles. The summed E-state index contributed by atoms with van der Waals surface area (Å²) in [6.45, 7) is 2.63. The summed E-state index contributed by atoms with van der Waals surface area (Å²) in [5.74, 6) is -0.236. The van der Waals surface area contributed by atoms with Crippen molar-refractivity contribution in [2.45, 2.75) is 32.6 Å². The van der Waals surface area contributed by atoms with Crippen molar-refractivity contribution in [3.63, 3.8) is 0 Å². The van der Waals surface area contributed by atoms with Gasteiger partial charge in [-0.3, -0.25) is 4.79 Å². The van der Waals surface area contributed by atoms with Crippen LogP contribution in [0.3, 0.4) is 0 Å². The molecule has 1 saturated carbocycles. The van der Waals surface area contributed by atoms with Gasteiger partial charge in [-0.05, 0) is 55.4 Å². The molecule has 2 unspecified atom stereocenters. The van der Waals surface area contributed by atoms with Crippen LogP contribution < -0.4 is 4.74 Å². The molecule has 0 bridgehead atoms. The molecule has 0 heterocycles. The van der Waals surface area contributed by atoms with Crippen LogP contribution in [0.5, 0.6) is 5.75 Å². The smallest absolute Gasteiger partial charge is 0.306 e. The number of rotatable bonds is 7. The van der Waals surface area contributed by atoms with Gasteiger partial charge < -0.3 is 9.84 Å². The van der Waals surface area contributed by atoms with Gasteiger partial charge in [0.25, 0.3) is 0 Å². The third kappa shape index (κ3) is 3.69. The van der Waals surface area contributed by atoms with Crippen LogP contribution in [0.2, 0.25) is 0 Å².